The Bertz CT molecular complexity index is 452. The van der Waals surface area contributed by atoms with Crippen molar-refractivity contribution in [2.24, 2.45) is 11.1 Å². The number of nitrogens with one attached hydrogen (secondary N) is 1. The minimum absolute atomic E-state index is 0.0148. The average Bonchev–Trinajstić information content (AvgIpc) is 2.48. The van der Waals surface area contributed by atoms with Crippen LogP contribution in [0.1, 0.15) is 50.6 Å². The molecule has 1 amide bonds. The first-order chi connectivity index (χ1) is 9.57. The van der Waals surface area contributed by atoms with Gasteiger partial charge in [-0.2, -0.15) is 0 Å². The summed E-state index contributed by atoms with van der Waals surface area (Å²) in [6.07, 6.45) is 5.27. The SMILES string of the molecule is CC(NC(=O)C1(CN)CCCCC1)c1ccc(Br)cc1. The van der Waals surface area contributed by atoms with Crippen molar-refractivity contribution in [1.29, 1.82) is 0 Å². The second-order valence-electron chi connectivity index (χ2n) is 5.79. The number of hydrogen-bond donors (Lipinski definition) is 2. The Labute approximate surface area is 129 Å². The van der Waals surface area contributed by atoms with E-state index in [4.69, 9.17) is 5.73 Å². The van der Waals surface area contributed by atoms with Gasteiger partial charge in [-0.15, -0.1) is 0 Å². The van der Waals surface area contributed by atoms with Gasteiger partial charge in [0.05, 0.1) is 11.5 Å². The third-order valence-corrected chi connectivity index (χ3v) is 4.93. The van der Waals surface area contributed by atoms with Crippen molar-refractivity contribution in [3.05, 3.63) is 34.3 Å². The third-order valence-electron chi connectivity index (χ3n) is 4.40. The fraction of sp³-hybridized carbons (Fsp3) is 0.562. The number of benzene rings is 1. The zero-order valence-electron chi connectivity index (χ0n) is 12.0. The van der Waals surface area contributed by atoms with Crippen LogP contribution in [0.15, 0.2) is 28.7 Å². The molecule has 110 valence electrons. The molecule has 0 heterocycles. The van der Waals surface area contributed by atoms with Gasteiger partial charge >= 0.3 is 0 Å². The zero-order chi connectivity index (χ0) is 14.6. The fourth-order valence-electron chi connectivity index (χ4n) is 2.94. The van der Waals surface area contributed by atoms with E-state index < -0.39 is 0 Å². The molecule has 1 atom stereocenters. The molecule has 3 nitrogen and oxygen atoms in total. The monoisotopic (exact) mass is 338 g/mol. The summed E-state index contributed by atoms with van der Waals surface area (Å²) in [7, 11) is 0. The van der Waals surface area contributed by atoms with Gasteiger partial charge < -0.3 is 11.1 Å². The van der Waals surface area contributed by atoms with Crippen LogP contribution < -0.4 is 11.1 Å². The van der Waals surface area contributed by atoms with Gasteiger partial charge in [-0.1, -0.05) is 47.3 Å². The van der Waals surface area contributed by atoms with Crippen molar-refractivity contribution in [3.8, 4) is 0 Å². The molecule has 1 aromatic carbocycles. The molecule has 1 aliphatic carbocycles. The predicted octanol–water partition coefficient (Wildman–Crippen LogP) is 3.54. The summed E-state index contributed by atoms with van der Waals surface area (Å²) in [5.41, 5.74) is 6.68. The maximum atomic E-state index is 12.6. The van der Waals surface area contributed by atoms with Gasteiger partial charge in [0, 0.05) is 11.0 Å². The zero-order valence-corrected chi connectivity index (χ0v) is 13.6. The smallest absolute Gasteiger partial charge is 0.227 e. The summed E-state index contributed by atoms with van der Waals surface area (Å²) in [6.45, 7) is 2.47. The first kappa shape index (κ1) is 15.5. The quantitative estimate of drug-likeness (QED) is 0.882. The van der Waals surface area contributed by atoms with Crippen LogP contribution in [0.4, 0.5) is 0 Å². The van der Waals surface area contributed by atoms with Gasteiger partial charge in [0.1, 0.15) is 0 Å². The first-order valence-electron chi connectivity index (χ1n) is 7.34. The van der Waals surface area contributed by atoms with Crippen molar-refractivity contribution in [3.63, 3.8) is 0 Å². The second-order valence-corrected chi connectivity index (χ2v) is 6.71. The highest BCUT2D eigenvalue weighted by Crippen LogP contribution is 2.36. The standard InChI is InChI=1S/C16H23BrN2O/c1-12(13-5-7-14(17)8-6-13)19-15(20)16(11-18)9-3-2-4-10-16/h5-8,12H,2-4,9-11,18H2,1H3,(H,19,20). The van der Waals surface area contributed by atoms with Gasteiger partial charge in [-0.05, 0) is 37.5 Å². The molecule has 0 bridgehead atoms. The summed E-state index contributed by atoms with van der Waals surface area (Å²) in [5, 5.41) is 3.14. The predicted molar refractivity (Wildman–Crippen MR) is 85.3 cm³/mol. The Morgan fingerprint density at radius 2 is 1.90 bits per heavy atom. The lowest BCUT2D eigenvalue weighted by molar-refractivity contribution is -0.133. The lowest BCUT2D eigenvalue weighted by Crippen LogP contribution is -2.47. The lowest BCUT2D eigenvalue weighted by atomic mass is 9.73. The molecule has 0 saturated heterocycles. The van der Waals surface area contributed by atoms with E-state index in [1.165, 1.54) is 6.42 Å². The highest BCUT2D eigenvalue weighted by atomic mass is 79.9. The van der Waals surface area contributed by atoms with Crippen molar-refractivity contribution >= 4 is 21.8 Å². The molecule has 1 unspecified atom stereocenters. The van der Waals surface area contributed by atoms with Gasteiger partial charge in [-0.3, -0.25) is 4.79 Å². The van der Waals surface area contributed by atoms with Crippen LogP contribution in [0, 0.1) is 5.41 Å². The Hall–Kier alpha value is -0.870. The van der Waals surface area contributed by atoms with E-state index in [1.807, 2.05) is 31.2 Å². The number of hydrogen-bond acceptors (Lipinski definition) is 2. The summed E-state index contributed by atoms with van der Waals surface area (Å²) in [6, 6.07) is 8.07. The van der Waals surface area contributed by atoms with E-state index in [2.05, 4.69) is 21.2 Å². The van der Waals surface area contributed by atoms with Crippen molar-refractivity contribution in [2.75, 3.05) is 6.54 Å². The van der Waals surface area contributed by atoms with Crippen LogP contribution in [0.2, 0.25) is 0 Å². The highest BCUT2D eigenvalue weighted by Gasteiger charge is 2.38. The largest absolute Gasteiger partial charge is 0.349 e. The Morgan fingerprint density at radius 1 is 1.30 bits per heavy atom. The molecule has 1 aliphatic rings. The molecule has 0 radical (unpaired) electrons. The molecule has 1 fully saturated rings. The molecule has 0 aromatic heterocycles. The van der Waals surface area contributed by atoms with Gasteiger partial charge in [0.2, 0.25) is 5.91 Å². The fourth-order valence-corrected chi connectivity index (χ4v) is 3.20. The molecule has 0 spiro atoms. The first-order valence-corrected chi connectivity index (χ1v) is 8.13. The number of carbonyl (C=O) groups excluding carboxylic acids is 1. The Balaban J connectivity index is 2.04. The summed E-state index contributed by atoms with van der Waals surface area (Å²) in [4.78, 5) is 12.6. The molecule has 2 rings (SSSR count). The maximum Gasteiger partial charge on any atom is 0.227 e. The molecule has 4 heteroatoms. The average molecular weight is 339 g/mol. The van der Waals surface area contributed by atoms with Gasteiger partial charge in [-0.25, -0.2) is 0 Å². The lowest BCUT2D eigenvalue weighted by Gasteiger charge is -2.35. The Morgan fingerprint density at radius 3 is 2.45 bits per heavy atom. The normalized spacial score (nSPS) is 19.4. The van der Waals surface area contributed by atoms with E-state index in [9.17, 15) is 4.79 Å². The highest BCUT2D eigenvalue weighted by molar-refractivity contribution is 9.10. The van der Waals surface area contributed by atoms with Crippen LogP contribution in [0.5, 0.6) is 0 Å². The van der Waals surface area contributed by atoms with E-state index >= 15 is 0 Å². The number of amides is 1. The number of nitrogens with two attached hydrogens (primary N) is 1. The summed E-state index contributed by atoms with van der Waals surface area (Å²) in [5.74, 6) is 0.120. The Kier molecular flexibility index (Phi) is 5.22. The topological polar surface area (TPSA) is 55.1 Å². The van der Waals surface area contributed by atoms with Crippen LogP contribution in [0.3, 0.4) is 0 Å². The minimum Gasteiger partial charge on any atom is -0.349 e. The molecular formula is C16H23BrN2O. The van der Waals surface area contributed by atoms with E-state index in [-0.39, 0.29) is 17.4 Å². The second kappa shape index (κ2) is 6.72. The van der Waals surface area contributed by atoms with Gasteiger partial charge in [0.15, 0.2) is 0 Å². The van der Waals surface area contributed by atoms with E-state index in [0.29, 0.717) is 6.54 Å². The maximum absolute atomic E-state index is 12.6. The summed E-state index contributed by atoms with van der Waals surface area (Å²) >= 11 is 3.42. The molecule has 3 N–H and O–H groups in total. The molecule has 1 aromatic rings. The number of rotatable bonds is 4. The van der Waals surface area contributed by atoms with Crippen molar-refractivity contribution in [2.45, 2.75) is 45.1 Å². The molecule has 0 aliphatic heterocycles. The molecular weight excluding hydrogens is 316 g/mol. The van der Waals surface area contributed by atoms with E-state index in [0.717, 1.165) is 35.7 Å². The van der Waals surface area contributed by atoms with Crippen molar-refractivity contribution < 1.29 is 4.79 Å². The summed E-state index contributed by atoms with van der Waals surface area (Å²) < 4.78 is 1.05. The molecule has 20 heavy (non-hydrogen) atoms. The van der Waals surface area contributed by atoms with Crippen LogP contribution in [-0.2, 0) is 4.79 Å². The van der Waals surface area contributed by atoms with Gasteiger partial charge in [0.25, 0.3) is 0 Å². The minimum atomic E-state index is -0.345. The third kappa shape index (κ3) is 3.41. The number of halogens is 1. The van der Waals surface area contributed by atoms with E-state index in [1.54, 1.807) is 0 Å². The van der Waals surface area contributed by atoms with Crippen molar-refractivity contribution in [1.82, 2.24) is 5.32 Å². The number of carbonyl (C=O) groups is 1. The van der Waals surface area contributed by atoms with Crippen LogP contribution >= 0.6 is 15.9 Å². The van der Waals surface area contributed by atoms with Crippen LogP contribution in [0.25, 0.3) is 0 Å². The van der Waals surface area contributed by atoms with Crippen LogP contribution in [-0.4, -0.2) is 12.5 Å². The molecule has 1 saturated carbocycles.